The molecule has 1 atom stereocenters. The molecule has 0 spiro atoms. The number of nitrogens with one attached hydrogen (secondary N) is 1. The third-order valence-corrected chi connectivity index (χ3v) is 2.76. The molecule has 0 saturated heterocycles. The highest BCUT2D eigenvalue weighted by atomic mass is 32.2. The van der Waals surface area contributed by atoms with Gasteiger partial charge in [-0.3, -0.25) is 16.0 Å². The summed E-state index contributed by atoms with van der Waals surface area (Å²) >= 11 is 1.85. The third-order valence-electron chi connectivity index (χ3n) is 1.78. The van der Waals surface area contributed by atoms with Crippen molar-refractivity contribution < 1.29 is 0 Å². The Morgan fingerprint density at radius 1 is 1.77 bits per heavy atom. The molecular weight excluding hydrogens is 184 g/mol. The highest BCUT2D eigenvalue weighted by Crippen LogP contribution is 2.14. The molecule has 1 heterocycles. The molecule has 74 valence electrons. The van der Waals surface area contributed by atoms with Gasteiger partial charge in [-0.2, -0.15) is 16.9 Å². The van der Waals surface area contributed by atoms with Crippen LogP contribution in [0.1, 0.15) is 18.7 Å². The molecule has 0 radical (unpaired) electrons. The molecule has 1 rings (SSSR count). The lowest BCUT2D eigenvalue weighted by molar-refractivity contribution is 0.581. The number of nitrogens with two attached hydrogens (primary N) is 1. The van der Waals surface area contributed by atoms with Gasteiger partial charge in [-0.1, -0.05) is 6.92 Å². The molecule has 1 unspecified atom stereocenters. The van der Waals surface area contributed by atoms with E-state index < -0.39 is 0 Å². The summed E-state index contributed by atoms with van der Waals surface area (Å²) < 4.78 is 1.79. The van der Waals surface area contributed by atoms with E-state index >= 15 is 0 Å². The van der Waals surface area contributed by atoms with Crippen molar-refractivity contribution in [3.8, 4) is 0 Å². The van der Waals surface area contributed by atoms with E-state index in [1.807, 2.05) is 31.1 Å². The molecule has 1 aromatic heterocycles. The normalized spacial score (nSPS) is 13.2. The van der Waals surface area contributed by atoms with Crippen LogP contribution >= 0.6 is 11.8 Å². The molecule has 0 bridgehead atoms. The van der Waals surface area contributed by atoms with Crippen molar-refractivity contribution in [2.75, 3.05) is 11.5 Å². The smallest absolute Gasteiger partial charge is 0.0815 e. The summed E-state index contributed by atoms with van der Waals surface area (Å²) in [4.78, 5) is 0. The number of aryl methyl sites for hydroxylation is 1. The van der Waals surface area contributed by atoms with Gasteiger partial charge in [0, 0.05) is 19.0 Å². The topological polar surface area (TPSA) is 55.9 Å². The van der Waals surface area contributed by atoms with Crippen molar-refractivity contribution in [3.63, 3.8) is 0 Å². The molecule has 3 N–H and O–H groups in total. The molecule has 5 heteroatoms. The minimum Gasteiger partial charge on any atom is -0.275 e. The maximum absolute atomic E-state index is 5.44. The molecule has 0 aliphatic heterocycles. The summed E-state index contributed by atoms with van der Waals surface area (Å²) in [6.45, 7) is 2.14. The van der Waals surface area contributed by atoms with E-state index in [2.05, 4.69) is 17.4 Å². The summed E-state index contributed by atoms with van der Waals surface area (Å²) in [5.74, 6) is 7.51. The Hall–Kier alpha value is -0.520. The minimum absolute atomic E-state index is 0.158. The van der Waals surface area contributed by atoms with E-state index in [4.69, 9.17) is 5.84 Å². The van der Waals surface area contributed by atoms with Crippen LogP contribution < -0.4 is 11.3 Å². The van der Waals surface area contributed by atoms with Crippen LogP contribution in [0.15, 0.2) is 12.3 Å². The lowest BCUT2D eigenvalue weighted by Crippen LogP contribution is -2.30. The van der Waals surface area contributed by atoms with E-state index in [0.717, 1.165) is 17.2 Å². The van der Waals surface area contributed by atoms with E-state index in [0.29, 0.717) is 0 Å². The Morgan fingerprint density at radius 2 is 2.54 bits per heavy atom. The van der Waals surface area contributed by atoms with Gasteiger partial charge in [-0.05, 0) is 11.8 Å². The monoisotopic (exact) mass is 200 g/mol. The molecule has 0 aliphatic carbocycles. The molecule has 0 amide bonds. The Bertz CT molecular complexity index is 248. The van der Waals surface area contributed by atoms with Crippen molar-refractivity contribution >= 4 is 11.8 Å². The average molecular weight is 200 g/mol. The maximum Gasteiger partial charge on any atom is 0.0815 e. The van der Waals surface area contributed by atoms with Crippen molar-refractivity contribution in [2.24, 2.45) is 12.9 Å². The van der Waals surface area contributed by atoms with Crippen LogP contribution in [-0.4, -0.2) is 21.3 Å². The van der Waals surface area contributed by atoms with Crippen LogP contribution in [0.2, 0.25) is 0 Å². The van der Waals surface area contributed by atoms with Crippen LogP contribution in [0.25, 0.3) is 0 Å². The highest BCUT2D eigenvalue weighted by molar-refractivity contribution is 7.99. The van der Waals surface area contributed by atoms with Crippen LogP contribution in [0.3, 0.4) is 0 Å². The number of hydrogen-bond donors (Lipinski definition) is 2. The first kappa shape index (κ1) is 10.6. The van der Waals surface area contributed by atoms with Crippen LogP contribution in [0.4, 0.5) is 0 Å². The lowest BCUT2D eigenvalue weighted by atomic mass is 10.2. The van der Waals surface area contributed by atoms with Crippen molar-refractivity contribution in [1.82, 2.24) is 15.2 Å². The fraction of sp³-hybridized carbons (Fsp3) is 0.625. The summed E-state index contributed by atoms with van der Waals surface area (Å²) in [6.07, 6.45) is 1.93. The van der Waals surface area contributed by atoms with Gasteiger partial charge in [0.2, 0.25) is 0 Å². The first-order chi connectivity index (χ1) is 6.27. The van der Waals surface area contributed by atoms with Crippen molar-refractivity contribution in [2.45, 2.75) is 13.0 Å². The maximum atomic E-state index is 5.44. The second kappa shape index (κ2) is 5.26. The number of nitrogens with zero attached hydrogens (tertiary/aromatic N) is 2. The van der Waals surface area contributed by atoms with Crippen LogP contribution in [0.5, 0.6) is 0 Å². The zero-order chi connectivity index (χ0) is 9.68. The molecule has 0 fully saturated rings. The molecule has 0 saturated carbocycles. The Balaban J connectivity index is 2.56. The summed E-state index contributed by atoms with van der Waals surface area (Å²) in [5.41, 5.74) is 3.78. The van der Waals surface area contributed by atoms with Crippen LogP contribution in [0, 0.1) is 0 Å². The quantitative estimate of drug-likeness (QED) is 0.542. The predicted molar refractivity (Wildman–Crippen MR) is 56.3 cm³/mol. The second-order valence-electron chi connectivity index (χ2n) is 2.79. The highest BCUT2D eigenvalue weighted by Gasteiger charge is 2.11. The number of hydrazine groups is 1. The number of rotatable bonds is 5. The number of hydrogen-bond acceptors (Lipinski definition) is 4. The Labute approximate surface area is 82.8 Å². The predicted octanol–water partition coefficient (Wildman–Crippen LogP) is 0.678. The van der Waals surface area contributed by atoms with Gasteiger partial charge in [0.25, 0.3) is 0 Å². The lowest BCUT2D eigenvalue weighted by Gasteiger charge is -2.11. The van der Waals surface area contributed by atoms with E-state index in [1.165, 1.54) is 0 Å². The standard InChI is InChI=1S/C8H16N4S/c1-3-13-6-8(10-9)7-4-5-12(2)11-7/h4-5,8,10H,3,6,9H2,1-2H3. The van der Waals surface area contributed by atoms with Crippen molar-refractivity contribution in [3.05, 3.63) is 18.0 Å². The van der Waals surface area contributed by atoms with E-state index in [-0.39, 0.29) is 6.04 Å². The van der Waals surface area contributed by atoms with Gasteiger partial charge in [-0.15, -0.1) is 0 Å². The molecule has 4 nitrogen and oxygen atoms in total. The van der Waals surface area contributed by atoms with Gasteiger partial charge in [0.1, 0.15) is 0 Å². The molecule has 0 aliphatic rings. The van der Waals surface area contributed by atoms with Gasteiger partial charge in [0.05, 0.1) is 11.7 Å². The zero-order valence-electron chi connectivity index (χ0n) is 8.03. The minimum atomic E-state index is 0.158. The van der Waals surface area contributed by atoms with Crippen molar-refractivity contribution in [1.29, 1.82) is 0 Å². The zero-order valence-corrected chi connectivity index (χ0v) is 8.84. The summed E-state index contributed by atoms with van der Waals surface area (Å²) in [5, 5.41) is 4.30. The van der Waals surface area contributed by atoms with E-state index in [1.54, 1.807) is 4.68 Å². The molecule has 13 heavy (non-hydrogen) atoms. The number of aromatic nitrogens is 2. The van der Waals surface area contributed by atoms with Gasteiger partial charge >= 0.3 is 0 Å². The third kappa shape index (κ3) is 3.02. The largest absolute Gasteiger partial charge is 0.275 e. The molecule has 0 aromatic carbocycles. The van der Waals surface area contributed by atoms with Crippen LogP contribution in [-0.2, 0) is 7.05 Å². The van der Waals surface area contributed by atoms with Gasteiger partial charge in [-0.25, -0.2) is 0 Å². The van der Waals surface area contributed by atoms with Gasteiger partial charge in [0.15, 0.2) is 0 Å². The second-order valence-corrected chi connectivity index (χ2v) is 4.11. The Morgan fingerprint density at radius 3 is 3.00 bits per heavy atom. The Kier molecular flexibility index (Phi) is 4.27. The fourth-order valence-corrected chi connectivity index (χ4v) is 1.81. The van der Waals surface area contributed by atoms with E-state index in [9.17, 15) is 0 Å². The first-order valence-corrected chi connectivity index (χ1v) is 5.46. The number of thioether (sulfide) groups is 1. The SMILES string of the molecule is CCSCC(NN)c1ccn(C)n1. The van der Waals surface area contributed by atoms with Gasteiger partial charge < -0.3 is 0 Å². The summed E-state index contributed by atoms with van der Waals surface area (Å²) in [7, 11) is 1.91. The fourth-order valence-electron chi connectivity index (χ4n) is 1.07. The first-order valence-electron chi connectivity index (χ1n) is 4.31. The summed E-state index contributed by atoms with van der Waals surface area (Å²) in [6, 6.07) is 2.15. The average Bonchev–Trinajstić information content (AvgIpc) is 2.54. The molecule has 1 aromatic rings. The molecular formula is C8H16N4S.